The van der Waals surface area contributed by atoms with Crippen molar-refractivity contribution in [3.05, 3.63) is 23.3 Å². The third-order valence-electron chi connectivity index (χ3n) is 5.41. The third-order valence-corrected chi connectivity index (χ3v) is 5.41. The second kappa shape index (κ2) is 6.27. The number of hydrogen-bond donors (Lipinski definition) is 3. The van der Waals surface area contributed by atoms with Crippen LogP contribution in [0.4, 0.5) is 5.69 Å². The summed E-state index contributed by atoms with van der Waals surface area (Å²) in [6.45, 7) is 5.15. The van der Waals surface area contributed by atoms with Gasteiger partial charge in [0.1, 0.15) is 5.75 Å². The summed E-state index contributed by atoms with van der Waals surface area (Å²) in [6, 6.07) is 5.35. The normalized spacial score (nSPS) is 29.5. The summed E-state index contributed by atoms with van der Waals surface area (Å²) in [5.74, 6) is 1.16. The van der Waals surface area contributed by atoms with Crippen molar-refractivity contribution in [1.82, 2.24) is 5.32 Å². The van der Waals surface area contributed by atoms with Gasteiger partial charge in [-0.3, -0.25) is 0 Å². The van der Waals surface area contributed by atoms with Crippen LogP contribution in [-0.2, 0) is 0 Å². The number of aromatic hydroxyl groups is 1. The summed E-state index contributed by atoms with van der Waals surface area (Å²) >= 11 is 0. The van der Waals surface area contributed by atoms with E-state index in [1.807, 2.05) is 19.9 Å². The summed E-state index contributed by atoms with van der Waals surface area (Å²) in [7, 11) is 0. The number of hydrogen-bond acceptors (Lipinski definition) is 3. The van der Waals surface area contributed by atoms with Gasteiger partial charge in [-0.25, -0.2) is 0 Å². The van der Waals surface area contributed by atoms with E-state index < -0.39 is 0 Å². The predicted octanol–water partition coefficient (Wildman–Crippen LogP) is 3.73. The lowest BCUT2D eigenvalue weighted by Gasteiger charge is -2.37. The van der Waals surface area contributed by atoms with E-state index in [1.54, 1.807) is 0 Å². The highest BCUT2D eigenvalue weighted by molar-refractivity contribution is 5.59. The Hall–Kier alpha value is -1.22. The van der Waals surface area contributed by atoms with Gasteiger partial charge in [-0.05, 0) is 63.6 Å². The van der Waals surface area contributed by atoms with Gasteiger partial charge < -0.3 is 15.7 Å². The van der Waals surface area contributed by atoms with Crippen LogP contribution < -0.4 is 10.6 Å². The Morgan fingerprint density at radius 1 is 1.10 bits per heavy atom. The second-order valence-electron chi connectivity index (χ2n) is 6.81. The van der Waals surface area contributed by atoms with Crippen LogP contribution in [0.25, 0.3) is 0 Å². The number of anilines is 1. The average molecular weight is 288 g/mol. The van der Waals surface area contributed by atoms with Crippen molar-refractivity contribution in [3.63, 3.8) is 0 Å². The Labute approximate surface area is 128 Å². The lowest BCUT2D eigenvalue weighted by atomic mass is 9.79. The molecule has 1 saturated carbocycles. The van der Waals surface area contributed by atoms with E-state index in [1.165, 1.54) is 45.1 Å². The maximum absolute atomic E-state index is 10.1. The van der Waals surface area contributed by atoms with Crippen molar-refractivity contribution < 1.29 is 5.11 Å². The Kier molecular flexibility index (Phi) is 4.39. The van der Waals surface area contributed by atoms with E-state index in [0.717, 1.165) is 22.7 Å². The molecule has 116 valence electrons. The zero-order chi connectivity index (χ0) is 14.8. The van der Waals surface area contributed by atoms with Gasteiger partial charge in [-0.15, -0.1) is 0 Å². The van der Waals surface area contributed by atoms with Gasteiger partial charge >= 0.3 is 0 Å². The molecule has 1 aliphatic carbocycles. The lowest BCUT2D eigenvalue weighted by Crippen LogP contribution is -2.43. The van der Waals surface area contributed by atoms with E-state index >= 15 is 0 Å². The van der Waals surface area contributed by atoms with Crippen LogP contribution in [0.2, 0.25) is 0 Å². The van der Waals surface area contributed by atoms with Gasteiger partial charge in [0.05, 0.1) is 0 Å². The smallest absolute Gasteiger partial charge is 0.123 e. The van der Waals surface area contributed by atoms with Crippen molar-refractivity contribution in [2.75, 3.05) is 11.9 Å². The molecule has 21 heavy (non-hydrogen) atoms. The van der Waals surface area contributed by atoms with Gasteiger partial charge in [-0.2, -0.15) is 0 Å². The summed E-state index contributed by atoms with van der Waals surface area (Å²) in [4.78, 5) is 0. The minimum Gasteiger partial charge on any atom is -0.507 e. The van der Waals surface area contributed by atoms with Gasteiger partial charge in [0.2, 0.25) is 0 Å². The molecule has 3 rings (SSSR count). The molecule has 0 radical (unpaired) electrons. The van der Waals surface area contributed by atoms with Gasteiger partial charge in [0.15, 0.2) is 0 Å². The molecule has 0 bridgehead atoms. The molecule has 3 atom stereocenters. The van der Waals surface area contributed by atoms with Crippen molar-refractivity contribution in [2.24, 2.45) is 5.92 Å². The number of benzene rings is 1. The molecular weight excluding hydrogens is 260 g/mol. The van der Waals surface area contributed by atoms with Crippen LogP contribution in [-0.4, -0.2) is 23.7 Å². The van der Waals surface area contributed by atoms with Crippen LogP contribution in [0.3, 0.4) is 0 Å². The van der Waals surface area contributed by atoms with Crippen LogP contribution >= 0.6 is 0 Å². The quantitative estimate of drug-likeness (QED) is 0.794. The molecule has 3 nitrogen and oxygen atoms in total. The monoisotopic (exact) mass is 288 g/mol. The van der Waals surface area contributed by atoms with Crippen molar-refractivity contribution in [1.29, 1.82) is 0 Å². The molecule has 2 fully saturated rings. The first kappa shape index (κ1) is 14.7. The zero-order valence-corrected chi connectivity index (χ0v) is 13.3. The maximum atomic E-state index is 10.1. The van der Waals surface area contributed by atoms with Crippen molar-refractivity contribution in [3.8, 4) is 5.75 Å². The molecule has 0 spiro atoms. The van der Waals surface area contributed by atoms with Crippen molar-refractivity contribution >= 4 is 5.69 Å². The molecule has 1 aromatic carbocycles. The fourth-order valence-corrected chi connectivity index (χ4v) is 4.09. The summed E-state index contributed by atoms with van der Waals surface area (Å²) < 4.78 is 0. The standard InChI is InChI=1S/C18H28N2O/c1-12-9-10-15(13(2)18(12)21)20-17-7-4-3-6-14(17)16-8-5-11-19-16/h9-10,14,16-17,19-21H,3-8,11H2,1-2H3. The predicted molar refractivity (Wildman–Crippen MR) is 88.0 cm³/mol. The Bertz CT molecular complexity index is 494. The maximum Gasteiger partial charge on any atom is 0.123 e. The fraction of sp³-hybridized carbons (Fsp3) is 0.667. The summed E-state index contributed by atoms with van der Waals surface area (Å²) in [6.07, 6.45) is 7.89. The molecule has 3 heteroatoms. The number of rotatable bonds is 3. The van der Waals surface area contributed by atoms with E-state index in [0.29, 0.717) is 17.8 Å². The number of aryl methyl sites for hydroxylation is 1. The first-order valence-electron chi connectivity index (χ1n) is 8.46. The summed E-state index contributed by atoms with van der Waals surface area (Å²) in [5, 5.41) is 17.6. The minimum atomic E-state index is 0.436. The van der Waals surface area contributed by atoms with Crippen molar-refractivity contribution in [2.45, 2.75) is 64.5 Å². The first-order valence-corrected chi connectivity index (χ1v) is 8.46. The van der Waals surface area contributed by atoms with E-state index in [2.05, 4.69) is 16.7 Å². The number of phenolic OH excluding ortho intramolecular Hbond substituents is 1. The van der Waals surface area contributed by atoms with Crippen LogP contribution in [0.5, 0.6) is 5.75 Å². The SMILES string of the molecule is Cc1ccc(NC2CCCCC2C2CCCN2)c(C)c1O. The molecule has 3 N–H and O–H groups in total. The topological polar surface area (TPSA) is 44.3 Å². The van der Waals surface area contributed by atoms with Gasteiger partial charge in [-0.1, -0.05) is 18.9 Å². The molecule has 0 aromatic heterocycles. The van der Waals surface area contributed by atoms with Gasteiger partial charge in [0, 0.05) is 23.3 Å². The molecule has 0 amide bonds. The van der Waals surface area contributed by atoms with Crippen LogP contribution in [0.1, 0.15) is 49.7 Å². The van der Waals surface area contributed by atoms with Gasteiger partial charge in [0.25, 0.3) is 0 Å². The average Bonchev–Trinajstić information content (AvgIpc) is 3.02. The highest BCUT2D eigenvalue weighted by Crippen LogP contribution is 2.35. The molecular formula is C18H28N2O. The lowest BCUT2D eigenvalue weighted by molar-refractivity contribution is 0.262. The molecule has 1 heterocycles. The minimum absolute atomic E-state index is 0.436. The second-order valence-corrected chi connectivity index (χ2v) is 6.81. The molecule has 3 unspecified atom stereocenters. The Balaban J connectivity index is 1.76. The summed E-state index contributed by atoms with van der Waals surface area (Å²) in [5.41, 5.74) is 3.04. The first-order chi connectivity index (χ1) is 10.2. The highest BCUT2D eigenvalue weighted by Gasteiger charge is 2.33. The fourth-order valence-electron chi connectivity index (χ4n) is 4.09. The number of phenols is 1. The Morgan fingerprint density at radius 2 is 1.90 bits per heavy atom. The van der Waals surface area contributed by atoms with E-state index in [9.17, 15) is 5.11 Å². The zero-order valence-electron chi connectivity index (χ0n) is 13.3. The van der Waals surface area contributed by atoms with E-state index in [4.69, 9.17) is 0 Å². The van der Waals surface area contributed by atoms with Crippen LogP contribution in [0, 0.1) is 19.8 Å². The Morgan fingerprint density at radius 3 is 2.67 bits per heavy atom. The largest absolute Gasteiger partial charge is 0.507 e. The van der Waals surface area contributed by atoms with Crippen LogP contribution in [0.15, 0.2) is 12.1 Å². The molecule has 1 saturated heterocycles. The highest BCUT2D eigenvalue weighted by atomic mass is 16.3. The van der Waals surface area contributed by atoms with E-state index in [-0.39, 0.29) is 0 Å². The molecule has 1 aliphatic heterocycles. The third kappa shape index (κ3) is 3.03. The molecule has 2 aliphatic rings. The molecule has 1 aromatic rings. The number of nitrogens with one attached hydrogen (secondary N) is 2.